The Labute approximate surface area is 163 Å². The molecule has 6 heteroatoms. The van der Waals surface area contributed by atoms with Crippen molar-refractivity contribution in [1.29, 1.82) is 0 Å². The highest BCUT2D eigenvalue weighted by Gasteiger charge is 2.25. The minimum Gasteiger partial charge on any atom is -0.356 e. The van der Waals surface area contributed by atoms with Crippen LogP contribution >= 0.6 is 11.3 Å². The average molecular weight is 381 g/mol. The summed E-state index contributed by atoms with van der Waals surface area (Å²) in [5.41, 5.74) is 2.39. The van der Waals surface area contributed by atoms with Crippen LogP contribution in [0.25, 0.3) is 21.3 Å². The van der Waals surface area contributed by atoms with Gasteiger partial charge in [-0.2, -0.15) is 0 Å². The molecule has 0 atom stereocenters. The minimum absolute atomic E-state index is 0.0313. The molecule has 1 aromatic carbocycles. The lowest BCUT2D eigenvalue weighted by molar-refractivity contribution is -0.124. The number of thiophene rings is 1. The molecule has 4 rings (SSSR count). The first-order valence-corrected chi connectivity index (χ1v) is 10.3. The number of carbonyl (C=O) groups is 1. The molecule has 0 radical (unpaired) electrons. The summed E-state index contributed by atoms with van der Waals surface area (Å²) in [6.45, 7) is 5.64. The number of piperidine rings is 1. The molecule has 5 nitrogen and oxygen atoms in total. The van der Waals surface area contributed by atoms with Crippen molar-refractivity contribution >= 4 is 33.3 Å². The van der Waals surface area contributed by atoms with Gasteiger partial charge in [-0.3, -0.25) is 4.79 Å². The number of benzene rings is 1. The molecule has 1 aliphatic heterocycles. The van der Waals surface area contributed by atoms with E-state index in [2.05, 4.69) is 49.8 Å². The van der Waals surface area contributed by atoms with E-state index in [0.717, 1.165) is 42.0 Å². The molecule has 2 aromatic heterocycles. The Hall–Kier alpha value is -2.47. The monoisotopic (exact) mass is 380 g/mol. The number of aromatic nitrogens is 2. The molecule has 140 valence electrons. The largest absolute Gasteiger partial charge is 0.356 e. The molecule has 0 saturated carbocycles. The van der Waals surface area contributed by atoms with Crippen LogP contribution in [0.2, 0.25) is 0 Å². The number of hydrogen-bond donors (Lipinski definition) is 1. The highest BCUT2D eigenvalue weighted by atomic mass is 32.1. The standard InChI is InChI=1S/C21H24N4OS/c1-14(2)20(26)24-16-8-10-25(11-9-16)19-18-17(15-6-4-3-5-7-15)12-27-21(18)23-13-22-19/h3-7,12-14,16H,8-11H2,1-2H3,(H,24,26). The van der Waals surface area contributed by atoms with Crippen LogP contribution < -0.4 is 10.2 Å². The number of anilines is 1. The topological polar surface area (TPSA) is 58.1 Å². The predicted octanol–water partition coefficient (Wildman–Crippen LogP) is 4.10. The molecule has 3 aromatic rings. The highest BCUT2D eigenvalue weighted by Crippen LogP contribution is 2.38. The quantitative estimate of drug-likeness (QED) is 0.740. The summed E-state index contributed by atoms with van der Waals surface area (Å²) in [6, 6.07) is 10.7. The average Bonchev–Trinajstić information content (AvgIpc) is 3.13. The van der Waals surface area contributed by atoms with Crippen molar-refractivity contribution < 1.29 is 4.79 Å². The van der Waals surface area contributed by atoms with Crippen molar-refractivity contribution in [2.75, 3.05) is 18.0 Å². The normalized spacial score (nSPS) is 15.4. The maximum Gasteiger partial charge on any atom is 0.222 e. The van der Waals surface area contributed by atoms with E-state index in [9.17, 15) is 4.79 Å². The van der Waals surface area contributed by atoms with Crippen molar-refractivity contribution in [2.45, 2.75) is 32.7 Å². The zero-order valence-electron chi connectivity index (χ0n) is 15.7. The van der Waals surface area contributed by atoms with Crippen LogP contribution in [0.15, 0.2) is 42.0 Å². The van der Waals surface area contributed by atoms with Gasteiger partial charge in [0.25, 0.3) is 0 Å². The van der Waals surface area contributed by atoms with Crippen LogP contribution in [0.4, 0.5) is 5.82 Å². The molecular formula is C21H24N4OS. The molecule has 1 saturated heterocycles. The zero-order valence-corrected chi connectivity index (χ0v) is 16.5. The summed E-state index contributed by atoms with van der Waals surface area (Å²) < 4.78 is 0. The maximum atomic E-state index is 12.0. The first-order valence-electron chi connectivity index (χ1n) is 9.46. The van der Waals surface area contributed by atoms with Gasteiger partial charge in [-0.1, -0.05) is 44.2 Å². The molecule has 1 amide bonds. The molecule has 0 unspecified atom stereocenters. The number of carbonyl (C=O) groups excluding carboxylic acids is 1. The second kappa shape index (κ2) is 7.64. The van der Waals surface area contributed by atoms with Crippen LogP contribution in [0.1, 0.15) is 26.7 Å². The number of amides is 1. The fourth-order valence-corrected chi connectivity index (χ4v) is 4.44. The highest BCUT2D eigenvalue weighted by molar-refractivity contribution is 7.17. The van der Waals surface area contributed by atoms with E-state index >= 15 is 0 Å². The van der Waals surface area contributed by atoms with Crippen LogP contribution in [0.3, 0.4) is 0 Å². The number of rotatable bonds is 4. The summed E-state index contributed by atoms with van der Waals surface area (Å²) in [7, 11) is 0. The van der Waals surface area contributed by atoms with Crippen molar-refractivity contribution in [3.8, 4) is 11.1 Å². The molecular weight excluding hydrogens is 356 g/mol. The lowest BCUT2D eigenvalue weighted by atomic mass is 10.0. The van der Waals surface area contributed by atoms with E-state index < -0.39 is 0 Å². The van der Waals surface area contributed by atoms with E-state index in [0.29, 0.717) is 0 Å². The number of nitrogens with one attached hydrogen (secondary N) is 1. The molecule has 0 aliphatic carbocycles. The van der Waals surface area contributed by atoms with Gasteiger partial charge >= 0.3 is 0 Å². The Morgan fingerprint density at radius 3 is 2.63 bits per heavy atom. The molecule has 27 heavy (non-hydrogen) atoms. The summed E-state index contributed by atoms with van der Waals surface area (Å²) in [5, 5.41) is 6.48. The minimum atomic E-state index is 0.0313. The van der Waals surface area contributed by atoms with E-state index in [4.69, 9.17) is 0 Å². The first kappa shape index (κ1) is 17.9. The summed E-state index contributed by atoms with van der Waals surface area (Å²) in [5.74, 6) is 1.18. The fourth-order valence-electron chi connectivity index (χ4n) is 3.53. The van der Waals surface area contributed by atoms with Gasteiger partial charge < -0.3 is 10.2 Å². The van der Waals surface area contributed by atoms with Crippen LogP contribution in [0.5, 0.6) is 0 Å². The van der Waals surface area contributed by atoms with Crippen molar-refractivity contribution in [1.82, 2.24) is 15.3 Å². The Bertz CT molecular complexity index is 930. The van der Waals surface area contributed by atoms with Crippen LogP contribution in [-0.2, 0) is 4.79 Å². The molecule has 1 N–H and O–H groups in total. The Balaban J connectivity index is 1.58. The van der Waals surface area contributed by atoms with Gasteiger partial charge in [-0.05, 0) is 18.4 Å². The zero-order chi connectivity index (χ0) is 18.8. The Kier molecular flexibility index (Phi) is 5.07. The van der Waals surface area contributed by atoms with Gasteiger partial charge in [-0.25, -0.2) is 9.97 Å². The van der Waals surface area contributed by atoms with Crippen molar-refractivity contribution in [2.24, 2.45) is 5.92 Å². The number of fused-ring (bicyclic) bond motifs is 1. The summed E-state index contributed by atoms with van der Waals surface area (Å²) in [4.78, 5) is 24.4. The summed E-state index contributed by atoms with van der Waals surface area (Å²) in [6.07, 6.45) is 3.54. The fraction of sp³-hybridized carbons (Fsp3) is 0.381. The smallest absolute Gasteiger partial charge is 0.222 e. The first-order chi connectivity index (χ1) is 13.1. The maximum absolute atomic E-state index is 12.0. The summed E-state index contributed by atoms with van der Waals surface area (Å²) >= 11 is 1.66. The Morgan fingerprint density at radius 2 is 1.93 bits per heavy atom. The van der Waals surface area contributed by atoms with Crippen LogP contribution in [-0.4, -0.2) is 35.0 Å². The molecule has 1 aliphatic rings. The third-order valence-electron chi connectivity index (χ3n) is 5.10. The van der Waals surface area contributed by atoms with E-state index in [1.165, 1.54) is 11.1 Å². The molecule has 0 spiro atoms. The van der Waals surface area contributed by atoms with Gasteiger partial charge in [0.05, 0.1) is 5.39 Å². The van der Waals surface area contributed by atoms with E-state index in [1.54, 1.807) is 17.7 Å². The van der Waals surface area contributed by atoms with Crippen LogP contribution in [0, 0.1) is 5.92 Å². The van der Waals surface area contributed by atoms with Gasteiger partial charge in [0.15, 0.2) is 0 Å². The molecule has 1 fully saturated rings. The Morgan fingerprint density at radius 1 is 1.19 bits per heavy atom. The van der Waals surface area contributed by atoms with Gasteiger partial charge in [0.1, 0.15) is 17.0 Å². The van der Waals surface area contributed by atoms with E-state index in [1.807, 2.05) is 19.9 Å². The second-order valence-electron chi connectivity index (χ2n) is 7.32. The SMILES string of the molecule is CC(C)C(=O)NC1CCN(c2ncnc3scc(-c4ccccc4)c23)CC1. The van der Waals surface area contributed by atoms with Gasteiger partial charge in [0.2, 0.25) is 5.91 Å². The number of nitrogens with zero attached hydrogens (tertiary/aromatic N) is 3. The van der Waals surface area contributed by atoms with Gasteiger partial charge in [0, 0.05) is 36.0 Å². The van der Waals surface area contributed by atoms with Gasteiger partial charge in [-0.15, -0.1) is 11.3 Å². The van der Waals surface area contributed by atoms with E-state index in [-0.39, 0.29) is 17.9 Å². The third-order valence-corrected chi connectivity index (χ3v) is 5.99. The predicted molar refractivity (Wildman–Crippen MR) is 111 cm³/mol. The lowest BCUT2D eigenvalue weighted by Crippen LogP contribution is -2.46. The molecule has 3 heterocycles. The third kappa shape index (κ3) is 3.67. The lowest BCUT2D eigenvalue weighted by Gasteiger charge is -2.33. The second-order valence-corrected chi connectivity index (χ2v) is 8.18. The number of hydrogen-bond acceptors (Lipinski definition) is 5. The van der Waals surface area contributed by atoms with Crippen molar-refractivity contribution in [3.05, 3.63) is 42.0 Å². The van der Waals surface area contributed by atoms with Crippen molar-refractivity contribution in [3.63, 3.8) is 0 Å². The molecule has 0 bridgehead atoms.